The van der Waals surface area contributed by atoms with Crippen molar-refractivity contribution in [2.75, 3.05) is 24.2 Å². The molecule has 0 fully saturated rings. The van der Waals surface area contributed by atoms with Gasteiger partial charge in [-0.3, -0.25) is 9.52 Å². The van der Waals surface area contributed by atoms with Gasteiger partial charge in [-0.05, 0) is 67.6 Å². The zero-order valence-electron chi connectivity index (χ0n) is 20.4. The molecule has 1 amide bonds. The minimum atomic E-state index is -3.90. The molecule has 4 aromatic rings. The molecule has 1 aromatic heterocycles. The van der Waals surface area contributed by atoms with E-state index in [1.807, 2.05) is 6.92 Å². The maximum Gasteiger partial charge on any atom is 0.279 e. The van der Waals surface area contributed by atoms with E-state index in [0.717, 1.165) is 11.8 Å². The molecule has 1 heterocycles. The summed E-state index contributed by atoms with van der Waals surface area (Å²) in [6, 6.07) is 16.5. The molecule has 0 spiro atoms. The van der Waals surface area contributed by atoms with E-state index >= 15 is 0 Å². The van der Waals surface area contributed by atoms with E-state index in [2.05, 4.69) is 9.71 Å². The van der Waals surface area contributed by atoms with Gasteiger partial charge in [-0.1, -0.05) is 29.0 Å². The number of ether oxygens (including phenoxy) is 1. The molecule has 0 unspecified atom stereocenters. The lowest BCUT2D eigenvalue weighted by Gasteiger charge is -2.09. The van der Waals surface area contributed by atoms with Crippen molar-refractivity contribution in [3.05, 3.63) is 82.1 Å². The van der Waals surface area contributed by atoms with Crippen molar-refractivity contribution >= 4 is 64.6 Å². The average molecular weight is 594 g/mol. The zero-order chi connectivity index (χ0) is 27.5. The standard InChI is InChI=1S/C25H24ClN3O6S3/c1-3-35-14-13-29-22-12-11-21(37(2,31)32)16-23(22)36-25(29)27-24(30)17-5-4-6-19(15-17)28-38(33,34)20-9-7-18(26)8-10-20/h4-12,15-16,28H,3,13-14H2,1-2H3. The Morgan fingerprint density at radius 3 is 2.42 bits per heavy atom. The van der Waals surface area contributed by atoms with Crippen LogP contribution in [0, 0.1) is 0 Å². The summed E-state index contributed by atoms with van der Waals surface area (Å²) in [4.78, 5) is 18.0. The molecule has 3 aromatic carbocycles. The summed E-state index contributed by atoms with van der Waals surface area (Å²) in [6.07, 6.45) is 1.13. The van der Waals surface area contributed by atoms with E-state index in [4.69, 9.17) is 16.3 Å². The molecule has 1 N–H and O–H groups in total. The van der Waals surface area contributed by atoms with Gasteiger partial charge in [0.1, 0.15) is 0 Å². The topological polar surface area (TPSA) is 124 Å². The number of rotatable bonds is 9. The van der Waals surface area contributed by atoms with Crippen molar-refractivity contribution in [3.8, 4) is 0 Å². The predicted octanol–water partition coefficient (Wildman–Crippen LogP) is 4.34. The number of carbonyl (C=O) groups excluding carboxylic acids is 1. The maximum absolute atomic E-state index is 13.1. The molecule has 4 rings (SSSR count). The summed E-state index contributed by atoms with van der Waals surface area (Å²) in [5.41, 5.74) is 1.09. The monoisotopic (exact) mass is 593 g/mol. The molecule has 0 aliphatic rings. The third-order valence-electron chi connectivity index (χ3n) is 5.43. The highest BCUT2D eigenvalue weighted by atomic mass is 35.5. The molecule has 0 saturated carbocycles. The van der Waals surface area contributed by atoms with Crippen molar-refractivity contribution in [1.29, 1.82) is 0 Å². The summed E-state index contributed by atoms with van der Waals surface area (Å²) < 4.78 is 59.9. The van der Waals surface area contributed by atoms with Gasteiger partial charge in [0.2, 0.25) is 0 Å². The molecular weight excluding hydrogens is 570 g/mol. The molecular formula is C25H24ClN3O6S3. The van der Waals surface area contributed by atoms with Gasteiger partial charge in [0.05, 0.1) is 26.6 Å². The Morgan fingerprint density at radius 1 is 1.03 bits per heavy atom. The fourth-order valence-corrected chi connectivity index (χ4v) is 6.57. The van der Waals surface area contributed by atoms with Crippen LogP contribution in [-0.4, -0.2) is 46.8 Å². The summed E-state index contributed by atoms with van der Waals surface area (Å²) >= 11 is 7.03. The van der Waals surface area contributed by atoms with Gasteiger partial charge in [0.25, 0.3) is 15.9 Å². The van der Waals surface area contributed by atoms with E-state index in [9.17, 15) is 21.6 Å². The van der Waals surface area contributed by atoms with E-state index in [1.54, 1.807) is 22.8 Å². The van der Waals surface area contributed by atoms with E-state index in [0.29, 0.717) is 34.3 Å². The number of halogens is 1. The number of thiazole rings is 1. The Hall–Kier alpha value is -3.03. The predicted molar refractivity (Wildman–Crippen MR) is 148 cm³/mol. The number of sulfonamides is 1. The largest absolute Gasteiger partial charge is 0.380 e. The van der Waals surface area contributed by atoms with Gasteiger partial charge in [0.15, 0.2) is 14.6 Å². The van der Waals surface area contributed by atoms with Crippen LogP contribution in [0.5, 0.6) is 0 Å². The van der Waals surface area contributed by atoms with Gasteiger partial charge in [-0.25, -0.2) is 16.8 Å². The van der Waals surface area contributed by atoms with Crippen molar-refractivity contribution in [2.45, 2.75) is 23.3 Å². The van der Waals surface area contributed by atoms with Gasteiger partial charge < -0.3 is 9.30 Å². The molecule has 200 valence electrons. The second-order valence-corrected chi connectivity index (χ2v) is 13.3. The average Bonchev–Trinajstić information content (AvgIpc) is 3.20. The first kappa shape index (κ1) is 28.0. The Bertz CT molecular complexity index is 1780. The van der Waals surface area contributed by atoms with E-state index in [1.165, 1.54) is 59.9 Å². The molecule has 0 atom stereocenters. The lowest BCUT2D eigenvalue weighted by atomic mass is 10.2. The second kappa shape index (κ2) is 11.4. The van der Waals surface area contributed by atoms with Gasteiger partial charge in [-0.2, -0.15) is 4.99 Å². The number of hydrogen-bond donors (Lipinski definition) is 1. The summed E-state index contributed by atoms with van der Waals surface area (Å²) in [5.74, 6) is -0.586. The van der Waals surface area contributed by atoms with Crippen LogP contribution in [0.15, 0.2) is 81.5 Å². The van der Waals surface area contributed by atoms with Crippen LogP contribution in [0.2, 0.25) is 5.02 Å². The third-order valence-corrected chi connectivity index (χ3v) is 9.23. The minimum absolute atomic E-state index is 0.0254. The van der Waals surface area contributed by atoms with Gasteiger partial charge in [-0.15, -0.1) is 0 Å². The summed E-state index contributed by atoms with van der Waals surface area (Å²) in [6.45, 7) is 3.17. The number of amides is 1. The van der Waals surface area contributed by atoms with Gasteiger partial charge in [0, 0.05) is 35.7 Å². The molecule has 0 aliphatic carbocycles. The number of aromatic nitrogens is 1. The quantitative estimate of drug-likeness (QED) is 0.288. The Kier molecular flexibility index (Phi) is 8.38. The van der Waals surface area contributed by atoms with Crippen LogP contribution in [0.3, 0.4) is 0 Å². The Morgan fingerprint density at radius 2 is 1.74 bits per heavy atom. The molecule has 13 heteroatoms. The van der Waals surface area contributed by atoms with E-state index < -0.39 is 25.8 Å². The highest BCUT2D eigenvalue weighted by molar-refractivity contribution is 7.92. The zero-order valence-corrected chi connectivity index (χ0v) is 23.6. The Labute approximate surface area is 229 Å². The van der Waals surface area contributed by atoms with Crippen LogP contribution in [0.4, 0.5) is 5.69 Å². The fourth-order valence-electron chi connectivity index (χ4n) is 3.58. The first-order valence-corrected chi connectivity index (χ1v) is 15.9. The first-order valence-electron chi connectivity index (χ1n) is 11.4. The van der Waals surface area contributed by atoms with Crippen LogP contribution in [0.25, 0.3) is 10.2 Å². The number of sulfone groups is 1. The van der Waals surface area contributed by atoms with Crippen LogP contribution in [0.1, 0.15) is 17.3 Å². The lowest BCUT2D eigenvalue weighted by molar-refractivity contribution is 0.0996. The number of hydrogen-bond acceptors (Lipinski definition) is 7. The number of fused-ring (bicyclic) bond motifs is 1. The normalized spacial score (nSPS) is 12.7. The van der Waals surface area contributed by atoms with Gasteiger partial charge >= 0.3 is 0 Å². The smallest absolute Gasteiger partial charge is 0.279 e. The van der Waals surface area contributed by atoms with Crippen molar-refractivity contribution in [2.24, 2.45) is 4.99 Å². The van der Waals surface area contributed by atoms with Crippen molar-refractivity contribution < 1.29 is 26.4 Å². The lowest BCUT2D eigenvalue weighted by Crippen LogP contribution is -2.20. The number of nitrogens with one attached hydrogen (secondary N) is 1. The van der Waals surface area contributed by atoms with Crippen LogP contribution in [-0.2, 0) is 31.1 Å². The number of carbonyl (C=O) groups is 1. The molecule has 0 saturated heterocycles. The van der Waals surface area contributed by atoms with E-state index in [-0.39, 0.29) is 21.0 Å². The number of benzene rings is 3. The summed E-state index contributed by atoms with van der Waals surface area (Å²) in [7, 11) is -7.31. The molecule has 9 nitrogen and oxygen atoms in total. The highest BCUT2D eigenvalue weighted by Gasteiger charge is 2.16. The van der Waals surface area contributed by atoms with Crippen LogP contribution < -0.4 is 9.52 Å². The van der Waals surface area contributed by atoms with Crippen LogP contribution >= 0.6 is 22.9 Å². The Balaban J connectivity index is 1.69. The minimum Gasteiger partial charge on any atom is -0.380 e. The number of anilines is 1. The third kappa shape index (κ3) is 6.51. The fraction of sp³-hybridized carbons (Fsp3) is 0.200. The highest BCUT2D eigenvalue weighted by Crippen LogP contribution is 2.23. The second-order valence-electron chi connectivity index (χ2n) is 8.19. The van der Waals surface area contributed by atoms with Crippen molar-refractivity contribution in [3.63, 3.8) is 0 Å². The first-order chi connectivity index (χ1) is 18.0. The molecule has 38 heavy (non-hydrogen) atoms. The number of nitrogens with zero attached hydrogens (tertiary/aromatic N) is 2. The maximum atomic E-state index is 13.1. The molecule has 0 bridgehead atoms. The SMILES string of the molecule is CCOCCn1c(=NC(=O)c2cccc(NS(=O)(=O)c3ccc(Cl)cc3)c2)sc2cc(S(C)(=O)=O)ccc21. The van der Waals surface area contributed by atoms with Crippen molar-refractivity contribution in [1.82, 2.24) is 4.57 Å². The molecule has 0 aliphatic heterocycles. The molecule has 0 radical (unpaired) electrons. The summed E-state index contributed by atoms with van der Waals surface area (Å²) in [5, 5.41) is 0.408.